The summed E-state index contributed by atoms with van der Waals surface area (Å²) in [4.78, 5) is 24.1. The first kappa shape index (κ1) is 9.83. The zero-order valence-corrected chi connectivity index (χ0v) is 7.96. The van der Waals surface area contributed by atoms with Crippen LogP contribution < -0.4 is 10.6 Å². The van der Waals surface area contributed by atoms with Crippen LogP contribution in [0.15, 0.2) is 0 Å². The van der Waals surface area contributed by atoms with Crippen LogP contribution in [0.1, 0.15) is 13.3 Å². The first-order chi connectivity index (χ1) is 6.19. The monoisotopic (exact) mass is 185 g/mol. The molecule has 1 aliphatic rings. The summed E-state index contributed by atoms with van der Waals surface area (Å²) < 4.78 is 0. The third kappa shape index (κ3) is 2.11. The van der Waals surface area contributed by atoms with Crippen molar-refractivity contribution in [1.29, 1.82) is 0 Å². The highest BCUT2D eigenvalue weighted by Crippen LogP contribution is 2.09. The molecule has 0 bridgehead atoms. The van der Waals surface area contributed by atoms with E-state index in [1.54, 1.807) is 4.90 Å². The molecule has 1 fully saturated rings. The van der Waals surface area contributed by atoms with Crippen molar-refractivity contribution >= 4 is 11.9 Å². The van der Waals surface area contributed by atoms with Crippen LogP contribution in [0.25, 0.3) is 0 Å². The Morgan fingerprint density at radius 3 is 2.85 bits per heavy atom. The van der Waals surface area contributed by atoms with E-state index in [4.69, 9.17) is 0 Å². The topological polar surface area (TPSA) is 61.4 Å². The van der Waals surface area contributed by atoms with Crippen molar-refractivity contribution in [2.45, 2.75) is 19.4 Å². The van der Waals surface area contributed by atoms with Gasteiger partial charge in [0.15, 0.2) is 0 Å². The molecule has 3 amide bonds. The number of likely N-dealkylation sites (N-methyl/N-ethyl adjacent to an activating group) is 1. The summed E-state index contributed by atoms with van der Waals surface area (Å²) in [6, 6.07) is -0.629. The van der Waals surface area contributed by atoms with Crippen LogP contribution in [0.2, 0.25) is 0 Å². The Hall–Kier alpha value is -1.26. The Bertz CT molecular complexity index is 217. The van der Waals surface area contributed by atoms with Crippen LogP contribution in [0, 0.1) is 0 Å². The summed E-state index contributed by atoms with van der Waals surface area (Å²) in [6.45, 7) is 3.38. The summed E-state index contributed by atoms with van der Waals surface area (Å²) in [7, 11) is 1.53. The van der Waals surface area contributed by atoms with Crippen LogP contribution in [-0.2, 0) is 4.79 Å². The fourth-order valence-corrected chi connectivity index (χ4v) is 1.42. The number of hydrogen-bond acceptors (Lipinski definition) is 2. The summed E-state index contributed by atoms with van der Waals surface area (Å²) in [5, 5.41) is 5.03. The third-order valence-corrected chi connectivity index (χ3v) is 2.21. The van der Waals surface area contributed by atoms with Gasteiger partial charge < -0.3 is 15.5 Å². The number of rotatable bonds is 2. The molecule has 0 aromatic carbocycles. The summed E-state index contributed by atoms with van der Waals surface area (Å²) in [5.74, 6) is 0.0195. The molecule has 0 aliphatic carbocycles. The van der Waals surface area contributed by atoms with E-state index in [2.05, 4.69) is 10.6 Å². The summed E-state index contributed by atoms with van der Waals surface area (Å²) >= 11 is 0. The largest absolute Gasteiger partial charge is 0.341 e. The maximum Gasteiger partial charge on any atom is 0.315 e. The van der Waals surface area contributed by atoms with E-state index in [-0.39, 0.29) is 18.0 Å². The van der Waals surface area contributed by atoms with Gasteiger partial charge in [0, 0.05) is 20.1 Å². The Morgan fingerprint density at radius 2 is 2.38 bits per heavy atom. The van der Waals surface area contributed by atoms with Gasteiger partial charge >= 0.3 is 6.03 Å². The molecule has 1 heterocycles. The molecule has 0 spiro atoms. The van der Waals surface area contributed by atoms with E-state index in [0.717, 1.165) is 6.54 Å². The molecule has 5 heteroatoms. The third-order valence-electron chi connectivity index (χ3n) is 2.21. The van der Waals surface area contributed by atoms with Crippen molar-refractivity contribution in [1.82, 2.24) is 15.5 Å². The first-order valence-electron chi connectivity index (χ1n) is 4.46. The molecular weight excluding hydrogens is 170 g/mol. The summed E-state index contributed by atoms with van der Waals surface area (Å²) in [5.41, 5.74) is 0. The minimum atomic E-state index is -0.333. The lowest BCUT2D eigenvalue weighted by molar-refractivity contribution is -0.129. The van der Waals surface area contributed by atoms with Gasteiger partial charge in [0.2, 0.25) is 5.91 Å². The molecule has 1 saturated heterocycles. The van der Waals surface area contributed by atoms with Gasteiger partial charge in [0.25, 0.3) is 0 Å². The first-order valence-corrected chi connectivity index (χ1v) is 4.46. The Labute approximate surface area is 77.5 Å². The van der Waals surface area contributed by atoms with Gasteiger partial charge in [-0.05, 0) is 13.3 Å². The van der Waals surface area contributed by atoms with Crippen LogP contribution in [0.4, 0.5) is 4.79 Å². The molecule has 0 radical (unpaired) electrons. The van der Waals surface area contributed by atoms with Gasteiger partial charge in [-0.1, -0.05) is 0 Å². The van der Waals surface area contributed by atoms with Gasteiger partial charge in [-0.3, -0.25) is 4.79 Å². The second-order valence-corrected chi connectivity index (χ2v) is 2.98. The fourth-order valence-electron chi connectivity index (χ4n) is 1.42. The number of urea groups is 1. The van der Waals surface area contributed by atoms with Crippen LogP contribution in [0.3, 0.4) is 0 Å². The highest BCUT2D eigenvalue weighted by Gasteiger charge is 2.31. The predicted molar refractivity (Wildman–Crippen MR) is 48.3 cm³/mol. The number of carbonyl (C=O) groups is 2. The Balaban J connectivity index is 2.45. The average Bonchev–Trinajstić information content (AvgIpc) is 2.48. The lowest BCUT2D eigenvalue weighted by atomic mass is 10.2. The zero-order chi connectivity index (χ0) is 9.84. The maximum absolute atomic E-state index is 11.5. The van der Waals surface area contributed by atoms with E-state index in [1.807, 2.05) is 6.92 Å². The average molecular weight is 185 g/mol. The molecule has 5 nitrogen and oxygen atoms in total. The standard InChI is InChI=1S/C8H15N3O2/c1-3-11-5-4-6(7(11)12)10-8(13)9-2/h6H,3-5H2,1-2H3,(H2,9,10,13)/t6-/m1/s1. The van der Waals surface area contributed by atoms with Crippen LogP contribution >= 0.6 is 0 Å². The predicted octanol–water partition coefficient (Wildman–Crippen LogP) is -0.464. The second kappa shape index (κ2) is 4.11. The van der Waals surface area contributed by atoms with Gasteiger partial charge in [-0.2, -0.15) is 0 Å². The smallest absolute Gasteiger partial charge is 0.315 e. The zero-order valence-electron chi connectivity index (χ0n) is 7.96. The molecule has 1 rings (SSSR count). The van der Waals surface area contributed by atoms with Crippen molar-refractivity contribution in [2.75, 3.05) is 20.1 Å². The molecule has 13 heavy (non-hydrogen) atoms. The van der Waals surface area contributed by atoms with Crippen LogP contribution in [0.5, 0.6) is 0 Å². The number of nitrogens with one attached hydrogen (secondary N) is 2. The maximum atomic E-state index is 11.5. The molecule has 1 aliphatic heterocycles. The van der Waals surface area contributed by atoms with Crippen molar-refractivity contribution in [3.05, 3.63) is 0 Å². The normalized spacial score (nSPS) is 21.8. The molecule has 1 atom stereocenters. The van der Waals surface area contributed by atoms with Crippen LogP contribution in [-0.4, -0.2) is 43.0 Å². The fraction of sp³-hybridized carbons (Fsp3) is 0.750. The highest BCUT2D eigenvalue weighted by molar-refractivity contribution is 5.88. The SMILES string of the molecule is CCN1CC[C@@H](NC(=O)NC)C1=O. The minimum Gasteiger partial charge on any atom is -0.341 e. The van der Waals surface area contributed by atoms with Gasteiger partial charge in [-0.25, -0.2) is 4.79 Å². The molecule has 0 aromatic heterocycles. The quantitative estimate of drug-likeness (QED) is 0.611. The highest BCUT2D eigenvalue weighted by atomic mass is 16.2. The number of nitrogens with zero attached hydrogens (tertiary/aromatic N) is 1. The van der Waals surface area contributed by atoms with E-state index >= 15 is 0 Å². The minimum absolute atomic E-state index is 0.0195. The number of carbonyl (C=O) groups excluding carboxylic acids is 2. The van der Waals surface area contributed by atoms with E-state index in [0.29, 0.717) is 13.0 Å². The molecule has 2 N–H and O–H groups in total. The molecule has 0 aromatic rings. The van der Waals surface area contributed by atoms with Crippen molar-refractivity contribution in [3.63, 3.8) is 0 Å². The lowest BCUT2D eigenvalue weighted by Gasteiger charge is -2.14. The number of likely N-dealkylation sites (tertiary alicyclic amines) is 1. The van der Waals surface area contributed by atoms with Crippen molar-refractivity contribution in [3.8, 4) is 0 Å². The molecule has 0 unspecified atom stereocenters. The van der Waals surface area contributed by atoms with Gasteiger partial charge in [0.1, 0.15) is 6.04 Å². The number of hydrogen-bond donors (Lipinski definition) is 2. The van der Waals surface area contributed by atoms with E-state index < -0.39 is 0 Å². The second-order valence-electron chi connectivity index (χ2n) is 2.98. The lowest BCUT2D eigenvalue weighted by Crippen LogP contribution is -2.45. The Kier molecular flexibility index (Phi) is 3.11. The van der Waals surface area contributed by atoms with Crippen molar-refractivity contribution in [2.24, 2.45) is 0 Å². The summed E-state index contributed by atoms with van der Waals surface area (Å²) in [6.07, 6.45) is 0.708. The number of amides is 3. The van der Waals surface area contributed by atoms with E-state index in [1.165, 1.54) is 7.05 Å². The Morgan fingerprint density at radius 1 is 1.69 bits per heavy atom. The van der Waals surface area contributed by atoms with E-state index in [9.17, 15) is 9.59 Å². The van der Waals surface area contributed by atoms with Gasteiger partial charge in [-0.15, -0.1) is 0 Å². The van der Waals surface area contributed by atoms with Gasteiger partial charge in [0.05, 0.1) is 0 Å². The molecule has 74 valence electrons. The molecular formula is C8H15N3O2. The molecule has 0 saturated carbocycles. The van der Waals surface area contributed by atoms with Crippen molar-refractivity contribution < 1.29 is 9.59 Å².